The lowest BCUT2D eigenvalue weighted by atomic mass is 10.0. The van der Waals surface area contributed by atoms with Crippen molar-refractivity contribution >= 4 is 22.5 Å². The molecule has 1 aromatic carbocycles. The van der Waals surface area contributed by atoms with Crippen LogP contribution in [-0.4, -0.2) is 38.8 Å². The summed E-state index contributed by atoms with van der Waals surface area (Å²) in [7, 11) is 1.51. The first-order chi connectivity index (χ1) is 10.1. The third-order valence-electron chi connectivity index (χ3n) is 3.25. The molecule has 0 amide bonds. The molecular weight excluding hydrogens is 272 g/mol. The highest BCUT2D eigenvalue weighted by Gasteiger charge is 2.21. The van der Waals surface area contributed by atoms with Crippen LogP contribution in [0.5, 0.6) is 5.75 Å². The number of carbonyl (C=O) groups excluding carboxylic acids is 2. The number of aromatic amines is 2. The van der Waals surface area contributed by atoms with E-state index in [-0.39, 0.29) is 5.56 Å². The van der Waals surface area contributed by atoms with Crippen molar-refractivity contribution in [2.24, 2.45) is 0 Å². The van der Waals surface area contributed by atoms with Crippen molar-refractivity contribution in [2.45, 2.75) is 6.92 Å². The molecule has 7 heteroatoms. The van der Waals surface area contributed by atoms with Gasteiger partial charge in [0.15, 0.2) is 11.6 Å². The van der Waals surface area contributed by atoms with Crippen LogP contribution < -0.4 is 4.74 Å². The van der Waals surface area contributed by atoms with E-state index in [1.54, 1.807) is 12.1 Å². The van der Waals surface area contributed by atoms with Crippen molar-refractivity contribution in [3.05, 3.63) is 30.2 Å². The Labute approximate surface area is 119 Å². The van der Waals surface area contributed by atoms with E-state index < -0.39 is 11.6 Å². The molecule has 3 rings (SSSR count). The minimum absolute atomic E-state index is 0.288. The van der Waals surface area contributed by atoms with Crippen molar-refractivity contribution in [1.29, 1.82) is 0 Å². The van der Waals surface area contributed by atoms with Gasteiger partial charge in [0.2, 0.25) is 5.78 Å². The van der Waals surface area contributed by atoms with Gasteiger partial charge >= 0.3 is 0 Å². The first-order valence-electron chi connectivity index (χ1n) is 6.22. The standard InChI is InChI=1S/C14H12N4O3/c1-7(19)13(20)9-5-15-12-8(14-16-6-17-18-14)3-4-10(21-2)11(9)12/h3-6,15H,1-2H3,(H,16,17,18). The molecular formula is C14H12N4O3. The fourth-order valence-electron chi connectivity index (χ4n) is 2.29. The highest BCUT2D eigenvalue weighted by atomic mass is 16.5. The Morgan fingerprint density at radius 1 is 1.29 bits per heavy atom. The number of nitrogens with zero attached hydrogens (tertiary/aromatic N) is 2. The fourth-order valence-corrected chi connectivity index (χ4v) is 2.29. The zero-order valence-corrected chi connectivity index (χ0v) is 11.4. The van der Waals surface area contributed by atoms with Gasteiger partial charge < -0.3 is 9.72 Å². The molecule has 0 atom stereocenters. The first-order valence-corrected chi connectivity index (χ1v) is 6.22. The molecule has 0 saturated carbocycles. The number of Topliss-reactive ketones (excluding diaryl/α,β-unsaturated/α-hetero) is 2. The number of carbonyl (C=O) groups is 2. The van der Waals surface area contributed by atoms with Crippen LogP contribution in [0.4, 0.5) is 0 Å². The molecule has 2 N–H and O–H groups in total. The topological polar surface area (TPSA) is 101 Å². The number of benzene rings is 1. The molecule has 0 saturated heterocycles. The predicted molar refractivity (Wildman–Crippen MR) is 75.2 cm³/mol. The van der Waals surface area contributed by atoms with Gasteiger partial charge in [-0.15, -0.1) is 0 Å². The van der Waals surface area contributed by atoms with E-state index in [0.29, 0.717) is 22.5 Å². The zero-order chi connectivity index (χ0) is 15.0. The minimum Gasteiger partial charge on any atom is -0.496 e. The molecule has 0 radical (unpaired) electrons. The second-order valence-electron chi connectivity index (χ2n) is 4.49. The van der Waals surface area contributed by atoms with E-state index in [1.807, 2.05) is 0 Å². The van der Waals surface area contributed by atoms with Crippen LogP contribution in [0.15, 0.2) is 24.7 Å². The molecule has 0 spiro atoms. The summed E-state index contributed by atoms with van der Waals surface area (Å²) in [5, 5.41) is 7.15. The Bertz CT molecular complexity index is 833. The molecule has 0 aliphatic rings. The molecule has 0 bridgehead atoms. The van der Waals surface area contributed by atoms with Crippen LogP contribution in [0.2, 0.25) is 0 Å². The smallest absolute Gasteiger partial charge is 0.230 e. The molecule has 0 unspecified atom stereocenters. The number of hydrogen-bond donors (Lipinski definition) is 2. The molecule has 7 nitrogen and oxygen atoms in total. The summed E-state index contributed by atoms with van der Waals surface area (Å²) >= 11 is 0. The molecule has 21 heavy (non-hydrogen) atoms. The Morgan fingerprint density at radius 3 is 2.71 bits per heavy atom. The quantitative estimate of drug-likeness (QED) is 0.561. The highest BCUT2D eigenvalue weighted by molar-refractivity contribution is 6.45. The summed E-state index contributed by atoms with van der Waals surface area (Å²) in [6, 6.07) is 3.53. The van der Waals surface area contributed by atoms with Gasteiger partial charge in [0.1, 0.15) is 12.1 Å². The van der Waals surface area contributed by atoms with E-state index in [1.165, 1.54) is 26.6 Å². The van der Waals surface area contributed by atoms with Crippen LogP contribution in [0.1, 0.15) is 17.3 Å². The Kier molecular flexibility index (Phi) is 3.02. The fraction of sp³-hybridized carbons (Fsp3) is 0.143. The number of H-pyrrole nitrogens is 2. The number of ether oxygens (including phenoxy) is 1. The van der Waals surface area contributed by atoms with Crippen LogP contribution in [0.3, 0.4) is 0 Å². The Hall–Kier alpha value is -2.96. The summed E-state index contributed by atoms with van der Waals surface area (Å²) in [6.45, 7) is 1.24. The Balaban J connectivity index is 2.32. The van der Waals surface area contributed by atoms with Crippen molar-refractivity contribution in [3.63, 3.8) is 0 Å². The van der Waals surface area contributed by atoms with Crippen molar-refractivity contribution in [2.75, 3.05) is 7.11 Å². The average molecular weight is 284 g/mol. The minimum atomic E-state index is -0.561. The summed E-state index contributed by atoms with van der Waals surface area (Å²) in [6.07, 6.45) is 2.91. The maximum absolute atomic E-state index is 12.0. The summed E-state index contributed by atoms with van der Waals surface area (Å²) < 4.78 is 5.30. The highest BCUT2D eigenvalue weighted by Crippen LogP contribution is 2.35. The van der Waals surface area contributed by atoms with Gasteiger partial charge in [-0.2, -0.15) is 5.10 Å². The lowest BCUT2D eigenvalue weighted by Crippen LogP contribution is -2.09. The number of methoxy groups -OCH3 is 1. The SMILES string of the molecule is COc1ccc(-c2ncn[nH]2)c2[nH]cc(C(=O)C(C)=O)c12. The van der Waals surface area contributed by atoms with Gasteiger partial charge in [-0.05, 0) is 12.1 Å². The normalized spacial score (nSPS) is 10.8. The molecule has 3 aromatic rings. The maximum Gasteiger partial charge on any atom is 0.230 e. The summed E-state index contributed by atoms with van der Waals surface area (Å²) in [4.78, 5) is 30.5. The molecule has 106 valence electrons. The van der Waals surface area contributed by atoms with Crippen LogP contribution in [-0.2, 0) is 4.79 Å². The monoisotopic (exact) mass is 284 g/mol. The number of rotatable bonds is 4. The van der Waals surface area contributed by atoms with E-state index in [4.69, 9.17) is 4.74 Å². The number of aromatic nitrogens is 4. The first kappa shape index (κ1) is 13.0. The number of nitrogens with one attached hydrogen (secondary N) is 2. The lowest BCUT2D eigenvalue weighted by molar-refractivity contribution is -0.113. The third kappa shape index (κ3) is 1.99. The van der Waals surface area contributed by atoms with Gasteiger partial charge in [-0.1, -0.05) is 0 Å². The van der Waals surface area contributed by atoms with Crippen molar-refractivity contribution < 1.29 is 14.3 Å². The predicted octanol–water partition coefficient (Wildman–Crippen LogP) is 1.73. The van der Waals surface area contributed by atoms with Crippen molar-refractivity contribution in [3.8, 4) is 17.1 Å². The van der Waals surface area contributed by atoms with Crippen molar-refractivity contribution in [1.82, 2.24) is 20.2 Å². The molecule has 0 aliphatic heterocycles. The molecule has 0 fully saturated rings. The number of hydrogen-bond acceptors (Lipinski definition) is 5. The third-order valence-corrected chi connectivity index (χ3v) is 3.25. The van der Waals surface area contributed by atoms with Gasteiger partial charge in [0, 0.05) is 18.7 Å². The van der Waals surface area contributed by atoms with Gasteiger partial charge in [-0.25, -0.2) is 4.98 Å². The lowest BCUT2D eigenvalue weighted by Gasteiger charge is -2.06. The van der Waals surface area contributed by atoms with E-state index in [0.717, 1.165) is 5.56 Å². The second-order valence-corrected chi connectivity index (χ2v) is 4.49. The molecule has 2 aromatic heterocycles. The van der Waals surface area contributed by atoms with Crippen LogP contribution in [0.25, 0.3) is 22.3 Å². The van der Waals surface area contributed by atoms with E-state index in [2.05, 4.69) is 20.2 Å². The van der Waals surface area contributed by atoms with Gasteiger partial charge in [0.25, 0.3) is 0 Å². The van der Waals surface area contributed by atoms with Gasteiger partial charge in [-0.3, -0.25) is 14.7 Å². The Morgan fingerprint density at radius 2 is 2.10 bits per heavy atom. The van der Waals surface area contributed by atoms with Crippen LogP contribution in [0, 0.1) is 0 Å². The maximum atomic E-state index is 12.0. The van der Waals surface area contributed by atoms with Gasteiger partial charge in [0.05, 0.1) is 23.6 Å². The number of ketones is 2. The van der Waals surface area contributed by atoms with E-state index in [9.17, 15) is 9.59 Å². The zero-order valence-electron chi connectivity index (χ0n) is 11.4. The van der Waals surface area contributed by atoms with E-state index >= 15 is 0 Å². The summed E-state index contributed by atoms with van der Waals surface area (Å²) in [5.41, 5.74) is 1.69. The van der Waals surface area contributed by atoms with Crippen LogP contribution >= 0.6 is 0 Å². The second kappa shape index (κ2) is 4.86. The molecule has 2 heterocycles. The number of fused-ring (bicyclic) bond motifs is 1. The average Bonchev–Trinajstić information content (AvgIpc) is 3.14. The summed E-state index contributed by atoms with van der Waals surface area (Å²) in [5.74, 6) is -0.0114. The molecule has 0 aliphatic carbocycles. The largest absolute Gasteiger partial charge is 0.496 e.